The van der Waals surface area contributed by atoms with E-state index in [4.69, 9.17) is 0 Å². The van der Waals surface area contributed by atoms with Gasteiger partial charge in [-0.25, -0.2) is 0 Å². The predicted molar refractivity (Wildman–Crippen MR) is 74.2 cm³/mol. The van der Waals surface area contributed by atoms with Crippen LogP contribution in [0.1, 0.15) is 43.2 Å². The lowest BCUT2D eigenvalue weighted by molar-refractivity contribution is 0.463. The van der Waals surface area contributed by atoms with Crippen LogP contribution in [0.4, 0.5) is 0 Å². The summed E-state index contributed by atoms with van der Waals surface area (Å²) in [4.78, 5) is 0.754. The summed E-state index contributed by atoms with van der Waals surface area (Å²) >= 11 is 3.81. The number of rotatable bonds is 2. The van der Waals surface area contributed by atoms with Crippen LogP contribution in [-0.2, 0) is 6.42 Å². The monoisotopic (exact) mass is 280 g/mol. The fourth-order valence-corrected chi connectivity index (χ4v) is 3.58. The molecule has 1 heteroatoms. The largest absolute Gasteiger partial charge is 0.0891 e. The third-order valence-electron chi connectivity index (χ3n) is 3.74. The van der Waals surface area contributed by atoms with Crippen molar-refractivity contribution in [1.82, 2.24) is 0 Å². The average Bonchev–Trinajstić information content (AvgIpc) is 2.46. The maximum Gasteiger partial charge on any atom is 0.0148 e. The van der Waals surface area contributed by atoms with Crippen LogP contribution in [0.2, 0.25) is 0 Å². The van der Waals surface area contributed by atoms with Crippen molar-refractivity contribution in [2.75, 3.05) is 0 Å². The lowest BCUT2D eigenvalue weighted by atomic mass is 9.91. The molecular weight excluding hydrogens is 260 g/mol. The molecule has 1 aliphatic rings. The summed E-state index contributed by atoms with van der Waals surface area (Å²) in [5.74, 6) is 0.882. The molecule has 2 unspecified atom stereocenters. The van der Waals surface area contributed by atoms with Gasteiger partial charge in [-0.15, -0.1) is 0 Å². The highest BCUT2D eigenvalue weighted by atomic mass is 79.9. The Morgan fingerprint density at radius 1 is 1.19 bits per heavy atom. The summed E-state index contributed by atoms with van der Waals surface area (Å²) in [5, 5.41) is 0. The van der Waals surface area contributed by atoms with E-state index in [1.807, 2.05) is 0 Å². The minimum atomic E-state index is 0.754. The van der Waals surface area contributed by atoms with Gasteiger partial charge >= 0.3 is 0 Å². The van der Waals surface area contributed by atoms with E-state index in [-0.39, 0.29) is 0 Å². The Labute approximate surface area is 108 Å². The molecule has 0 aromatic heterocycles. The van der Waals surface area contributed by atoms with Gasteiger partial charge in [-0.3, -0.25) is 0 Å². The molecule has 1 saturated carbocycles. The topological polar surface area (TPSA) is 0 Å². The van der Waals surface area contributed by atoms with Crippen molar-refractivity contribution in [1.29, 1.82) is 0 Å². The Balaban J connectivity index is 2.00. The first-order chi connectivity index (χ1) is 7.75. The summed E-state index contributed by atoms with van der Waals surface area (Å²) in [6.07, 6.45) is 8.22. The van der Waals surface area contributed by atoms with Gasteiger partial charge in [-0.1, -0.05) is 59.5 Å². The highest BCUT2D eigenvalue weighted by molar-refractivity contribution is 9.09. The molecule has 0 nitrogen and oxygen atoms in total. The molecule has 2 atom stereocenters. The van der Waals surface area contributed by atoms with Gasteiger partial charge in [0.05, 0.1) is 0 Å². The molecule has 1 aliphatic carbocycles. The van der Waals surface area contributed by atoms with Crippen molar-refractivity contribution in [2.45, 2.75) is 50.3 Å². The number of benzene rings is 1. The Hall–Kier alpha value is -0.300. The zero-order chi connectivity index (χ0) is 11.4. The second-order valence-corrected chi connectivity index (χ2v) is 6.41. The Kier molecular flexibility index (Phi) is 4.45. The van der Waals surface area contributed by atoms with Gasteiger partial charge in [-0.2, -0.15) is 0 Å². The molecule has 1 fully saturated rings. The normalized spacial score (nSPS) is 26.4. The molecule has 0 radical (unpaired) electrons. The van der Waals surface area contributed by atoms with Crippen LogP contribution < -0.4 is 0 Å². The lowest BCUT2D eigenvalue weighted by Gasteiger charge is -2.17. The molecule has 0 bridgehead atoms. The van der Waals surface area contributed by atoms with Crippen LogP contribution in [0, 0.1) is 12.8 Å². The van der Waals surface area contributed by atoms with Crippen molar-refractivity contribution in [3.8, 4) is 0 Å². The lowest BCUT2D eigenvalue weighted by Crippen LogP contribution is -2.09. The minimum absolute atomic E-state index is 0.754. The zero-order valence-corrected chi connectivity index (χ0v) is 11.7. The van der Waals surface area contributed by atoms with Crippen molar-refractivity contribution in [3.63, 3.8) is 0 Å². The first-order valence-electron chi connectivity index (χ1n) is 6.44. The molecule has 0 spiro atoms. The molecule has 16 heavy (non-hydrogen) atoms. The van der Waals surface area contributed by atoms with Gasteiger partial charge in [0, 0.05) is 4.83 Å². The molecule has 0 aliphatic heterocycles. The zero-order valence-electron chi connectivity index (χ0n) is 10.1. The van der Waals surface area contributed by atoms with Gasteiger partial charge in [-0.05, 0) is 43.2 Å². The maximum atomic E-state index is 3.81. The van der Waals surface area contributed by atoms with Crippen molar-refractivity contribution >= 4 is 15.9 Å². The maximum absolute atomic E-state index is 3.81. The average molecular weight is 281 g/mol. The summed E-state index contributed by atoms with van der Waals surface area (Å²) in [5.41, 5.74) is 3.01. The first kappa shape index (κ1) is 12.2. The Morgan fingerprint density at radius 2 is 1.94 bits per heavy atom. The van der Waals surface area contributed by atoms with E-state index in [2.05, 4.69) is 47.1 Å². The highest BCUT2D eigenvalue weighted by Crippen LogP contribution is 2.30. The van der Waals surface area contributed by atoms with E-state index < -0.39 is 0 Å². The molecule has 88 valence electrons. The fourth-order valence-electron chi connectivity index (χ4n) is 2.73. The fraction of sp³-hybridized carbons (Fsp3) is 0.600. The minimum Gasteiger partial charge on any atom is -0.0891 e. The van der Waals surface area contributed by atoms with Crippen molar-refractivity contribution < 1.29 is 0 Å². The number of aryl methyl sites for hydroxylation is 1. The summed E-state index contributed by atoms with van der Waals surface area (Å²) < 4.78 is 0. The summed E-state index contributed by atoms with van der Waals surface area (Å²) in [6.45, 7) is 2.23. The molecule has 2 rings (SSSR count). The molecule has 0 heterocycles. The third kappa shape index (κ3) is 3.35. The van der Waals surface area contributed by atoms with E-state index in [0.717, 1.165) is 10.7 Å². The van der Waals surface area contributed by atoms with E-state index in [9.17, 15) is 0 Å². The van der Waals surface area contributed by atoms with Crippen LogP contribution in [0.15, 0.2) is 24.3 Å². The van der Waals surface area contributed by atoms with E-state index in [0.29, 0.717) is 0 Å². The highest BCUT2D eigenvalue weighted by Gasteiger charge is 2.18. The molecule has 0 N–H and O–H groups in total. The van der Waals surface area contributed by atoms with Crippen molar-refractivity contribution in [2.24, 2.45) is 5.92 Å². The van der Waals surface area contributed by atoms with Gasteiger partial charge in [0.15, 0.2) is 0 Å². The smallest absolute Gasteiger partial charge is 0.0148 e. The number of halogens is 1. The summed E-state index contributed by atoms with van der Waals surface area (Å²) in [7, 11) is 0. The van der Waals surface area contributed by atoms with Crippen LogP contribution in [0.3, 0.4) is 0 Å². The van der Waals surface area contributed by atoms with Crippen LogP contribution in [0.25, 0.3) is 0 Å². The standard InChI is InChI=1S/C15H21Br/c1-12-6-2-4-8-14(12)10-13-7-3-5-9-15(16)11-13/h2,4,6,8,13,15H,3,5,7,9-11H2,1H3. The van der Waals surface area contributed by atoms with Gasteiger partial charge in [0.2, 0.25) is 0 Å². The van der Waals surface area contributed by atoms with Crippen LogP contribution in [-0.4, -0.2) is 4.83 Å². The molecule has 1 aromatic carbocycles. The second kappa shape index (κ2) is 5.86. The predicted octanol–water partition coefficient (Wildman–Crippen LogP) is 4.88. The number of hydrogen-bond donors (Lipinski definition) is 0. The molecule has 0 amide bonds. The second-order valence-electron chi connectivity index (χ2n) is 5.11. The van der Waals surface area contributed by atoms with Crippen LogP contribution >= 0.6 is 15.9 Å². The number of alkyl halides is 1. The van der Waals surface area contributed by atoms with E-state index in [1.54, 1.807) is 5.56 Å². The van der Waals surface area contributed by atoms with Crippen LogP contribution in [0.5, 0.6) is 0 Å². The van der Waals surface area contributed by atoms with E-state index >= 15 is 0 Å². The van der Waals surface area contributed by atoms with Gasteiger partial charge in [0.1, 0.15) is 0 Å². The number of hydrogen-bond acceptors (Lipinski definition) is 0. The van der Waals surface area contributed by atoms with Crippen molar-refractivity contribution in [3.05, 3.63) is 35.4 Å². The van der Waals surface area contributed by atoms with Gasteiger partial charge < -0.3 is 0 Å². The first-order valence-corrected chi connectivity index (χ1v) is 7.36. The molecule has 1 aromatic rings. The van der Waals surface area contributed by atoms with Gasteiger partial charge in [0.25, 0.3) is 0 Å². The van der Waals surface area contributed by atoms with E-state index in [1.165, 1.54) is 44.1 Å². The SMILES string of the molecule is Cc1ccccc1CC1CCCCC(Br)C1. The third-order valence-corrected chi connectivity index (χ3v) is 4.57. The summed E-state index contributed by atoms with van der Waals surface area (Å²) in [6, 6.07) is 8.84. The molecule has 0 saturated heterocycles. The Morgan fingerprint density at radius 3 is 2.75 bits per heavy atom. The quantitative estimate of drug-likeness (QED) is 0.535. The Bertz CT molecular complexity index is 332. The molecular formula is C15H21Br.